The van der Waals surface area contributed by atoms with Crippen LogP contribution in [0.25, 0.3) is 0 Å². The predicted molar refractivity (Wildman–Crippen MR) is 122 cm³/mol. The molecule has 1 aliphatic rings. The van der Waals surface area contributed by atoms with Gasteiger partial charge in [0.25, 0.3) is 0 Å². The van der Waals surface area contributed by atoms with E-state index >= 15 is 0 Å². The fraction of sp³-hybridized carbons (Fsp3) is 0.304. The summed E-state index contributed by atoms with van der Waals surface area (Å²) in [6.07, 6.45) is 0.720. The summed E-state index contributed by atoms with van der Waals surface area (Å²) in [5.74, 6) is 1.06. The Labute approximate surface area is 196 Å². The second-order valence-electron chi connectivity index (χ2n) is 7.44. The van der Waals surface area contributed by atoms with Gasteiger partial charge in [-0.05, 0) is 47.5 Å². The average Bonchev–Trinajstić information content (AvgIpc) is 3.29. The second-order valence-corrected chi connectivity index (χ2v) is 7.85. The number of rotatable bonds is 8. The van der Waals surface area contributed by atoms with Crippen LogP contribution in [-0.2, 0) is 16.1 Å². The summed E-state index contributed by atoms with van der Waals surface area (Å²) in [6.45, 7) is 4.35. The number of allylic oxidation sites excluding steroid dienone is 1. The van der Waals surface area contributed by atoms with Gasteiger partial charge in [-0.3, -0.25) is 0 Å². The first-order valence-electron chi connectivity index (χ1n) is 10.5. The average molecular weight is 470 g/mol. The number of aromatic nitrogens is 4. The fourth-order valence-electron chi connectivity index (χ4n) is 3.60. The van der Waals surface area contributed by atoms with Crippen LogP contribution in [-0.4, -0.2) is 39.9 Å². The molecule has 3 aromatic rings. The minimum absolute atomic E-state index is 0.285. The summed E-state index contributed by atoms with van der Waals surface area (Å²) in [5, 5.41) is 15.5. The predicted octanol–water partition coefficient (Wildman–Crippen LogP) is 4.16. The molecule has 1 atom stereocenters. The van der Waals surface area contributed by atoms with Crippen LogP contribution in [0.3, 0.4) is 0 Å². The number of carbonyl (C=O) groups is 1. The smallest absolute Gasteiger partial charge is 0.338 e. The van der Waals surface area contributed by atoms with Gasteiger partial charge in [-0.2, -0.15) is 4.68 Å². The van der Waals surface area contributed by atoms with Gasteiger partial charge >= 0.3 is 5.97 Å². The minimum Gasteiger partial charge on any atom is -0.493 e. The number of methoxy groups -OCH3 is 1. The van der Waals surface area contributed by atoms with Gasteiger partial charge < -0.3 is 19.5 Å². The monoisotopic (exact) mass is 469 g/mol. The third-order valence-electron chi connectivity index (χ3n) is 5.22. The van der Waals surface area contributed by atoms with Crippen LogP contribution in [0.5, 0.6) is 11.5 Å². The van der Waals surface area contributed by atoms with Crippen molar-refractivity contribution in [3.05, 3.63) is 69.9 Å². The maximum absolute atomic E-state index is 12.9. The minimum atomic E-state index is -0.591. The number of nitrogens with one attached hydrogen (secondary N) is 1. The number of ether oxygens (including phenoxy) is 3. The van der Waals surface area contributed by atoms with Crippen LogP contribution >= 0.6 is 11.6 Å². The SMILES string of the molecule is CCCOC(=O)C1=C(C)Nc2nnnn2C1c1ccc(OCc2ccccc2Cl)c(OC)c1. The van der Waals surface area contributed by atoms with Gasteiger partial charge in [0.15, 0.2) is 11.5 Å². The van der Waals surface area contributed by atoms with Crippen LogP contribution in [0.1, 0.15) is 37.4 Å². The largest absolute Gasteiger partial charge is 0.493 e. The Morgan fingerprint density at radius 2 is 2.03 bits per heavy atom. The highest BCUT2D eigenvalue weighted by atomic mass is 35.5. The summed E-state index contributed by atoms with van der Waals surface area (Å²) >= 11 is 6.24. The fourth-order valence-corrected chi connectivity index (χ4v) is 3.79. The normalized spacial score (nSPS) is 15.0. The van der Waals surface area contributed by atoms with Gasteiger partial charge in [-0.1, -0.05) is 47.9 Å². The van der Waals surface area contributed by atoms with Crippen molar-refractivity contribution in [2.24, 2.45) is 0 Å². The number of fused-ring (bicyclic) bond motifs is 1. The summed E-state index contributed by atoms with van der Waals surface area (Å²) in [4.78, 5) is 12.9. The molecule has 0 aliphatic carbocycles. The van der Waals surface area contributed by atoms with Crippen LogP contribution in [0, 0.1) is 0 Å². The van der Waals surface area contributed by atoms with Crippen molar-refractivity contribution in [2.75, 3.05) is 19.0 Å². The van der Waals surface area contributed by atoms with Crippen molar-refractivity contribution < 1.29 is 19.0 Å². The standard InChI is InChI=1S/C23H24ClN5O4/c1-4-11-32-22(30)20-14(2)25-23-26-27-28-29(23)21(20)15-9-10-18(19(12-15)31-3)33-13-16-7-5-6-8-17(16)24/h5-10,12,21H,4,11,13H2,1-3H3,(H,25,26,28). The van der Waals surface area contributed by atoms with Crippen molar-refractivity contribution >= 4 is 23.5 Å². The zero-order valence-electron chi connectivity index (χ0n) is 18.5. The molecule has 1 N–H and O–H groups in total. The lowest BCUT2D eigenvalue weighted by atomic mass is 9.95. The van der Waals surface area contributed by atoms with E-state index in [0.29, 0.717) is 40.3 Å². The molecule has 2 heterocycles. The Morgan fingerprint density at radius 1 is 1.21 bits per heavy atom. The maximum atomic E-state index is 12.9. The quantitative estimate of drug-likeness (QED) is 0.491. The Kier molecular flexibility index (Phi) is 6.79. The summed E-state index contributed by atoms with van der Waals surface area (Å²) in [5.41, 5.74) is 2.66. The first-order valence-corrected chi connectivity index (χ1v) is 10.9. The van der Waals surface area contributed by atoms with E-state index in [2.05, 4.69) is 20.8 Å². The molecule has 0 radical (unpaired) electrons. The molecule has 0 saturated carbocycles. The van der Waals surface area contributed by atoms with Crippen LogP contribution < -0.4 is 14.8 Å². The van der Waals surface area contributed by atoms with Crippen molar-refractivity contribution in [3.8, 4) is 11.5 Å². The van der Waals surface area contributed by atoms with Crippen molar-refractivity contribution in [1.29, 1.82) is 0 Å². The van der Waals surface area contributed by atoms with E-state index in [0.717, 1.165) is 17.5 Å². The van der Waals surface area contributed by atoms with Gasteiger partial charge in [0.1, 0.15) is 12.6 Å². The summed E-state index contributed by atoms with van der Waals surface area (Å²) in [7, 11) is 1.56. The molecule has 1 aliphatic heterocycles. The highest BCUT2D eigenvalue weighted by molar-refractivity contribution is 6.31. The summed E-state index contributed by atoms with van der Waals surface area (Å²) in [6, 6.07) is 12.4. The molecule has 0 saturated heterocycles. The molecule has 9 nitrogen and oxygen atoms in total. The number of hydrogen-bond acceptors (Lipinski definition) is 8. The lowest BCUT2D eigenvalue weighted by molar-refractivity contribution is -0.139. The van der Waals surface area contributed by atoms with Crippen LogP contribution in [0.15, 0.2) is 53.7 Å². The lowest BCUT2D eigenvalue weighted by Gasteiger charge is -2.27. The van der Waals surface area contributed by atoms with Crippen molar-refractivity contribution in [2.45, 2.75) is 32.9 Å². The number of esters is 1. The molecule has 0 bridgehead atoms. The zero-order chi connectivity index (χ0) is 23.4. The van der Waals surface area contributed by atoms with E-state index in [1.165, 1.54) is 0 Å². The molecule has 33 heavy (non-hydrogen) atoms. The highest BCUT2D eigenvalue weighted by Gasteiger charge is 2.35. The van der Waals surface area contributed by atoms with E-state index in [4.69, 9.17) is 25.8 Å². The second kappa shape index (κ2) is 9.91. The lowest BCUT2D eigenvalue weighted by Crippen LogP contribution is -2.29. The van der Waals surface area contributed by atoms with Crippen LogP contribution in [0.4, 0.5) is 5.95 Å². The van der Waals surface area contributed by atoms with E-state index in [1.807, 2.05) is 43.3 Å². The molecule has 0 spiro atoms. The van der Waals surface area contributed by atoms with Crippen molar-refractivity contribution in [3.63, 3.8) is 0 Å². The molecule has 1 aromatic heterocycles. The molecule has 10 heteroatoms. The number of halogens is 1. The number of benzene rings is 2. The van der Waals surface area contributed by atoms with Gasteiger partial charge in [0, 0.05) is 16.3 Å². The van der Waals surface area contributed by atoms with E-state index in [-0.39, 0.29) is 6.61 Å². The Balaban J connectivity index is 1.67. The first-order chi connectivity index (χ1) is 16.0. The molecule has 172 valence electrons. The number of tetrazole rings is 1. The Morgan fingerprint density at radius 3 is 2.79 bits per heavy atom. The number of carbonyl (C=O) groups excluding carboxylic acids is 1. The third-order valence-corrected chi connectivity index (χ3v) is 5.58. The molecular formula is C23H24ClN5O4. The molecule has 0 fully saturated rings. The number of anilines is 1. The Bertz CT molecular complexity index is 1190. The number of hydrogen-bond donors (Lipinski definition) is 1. The van der Waals surface area contributed by atoms with Gasteiger partial charge in [-0.25, -0.2) is 4.79 Å². The topological polar surface area (TPSA) is 100 Å². The van der Waals surface area contributed by atoms with E-state index < -0.39 is 12.0 Å². The Hall–Kier alpha value is -3.59. The molecule has 0 amide bonds. The van der Waals surface area contributed by atoms with E-state index in [9.17, 15) is 4.79 Å². The highest BCUT2D eigenvalue weighted by Crippen LogP contribution is 2.39. The maximum Gasteiger partial charge on any atom is 0.338 e. The van der Waals surface area contributed by atoms with Crippen molar-refractivity contribution in [1.82, 2.24) is 20.2 Å². The number of nitrogens with zero attached hydrogens (tertiary/aromatic N) is 4. The van der Waals surface area contributed by atoms with Gasteiger partial charge in [0.2, 0.25) is 5.95 Å². The van der Waals surface area contributed by atoms with Crippen LogP contribution in [0.2, 0.25) is 5.02 Å². The third kappa shape index (κ3) is 4.63. The first kappa shape index (κ1) is 22.6. The molecule has 4 rings (SSSR count). The molecular weight excluding hydrogens is 446 g/mol. The molecule has 2 aromatic carbocycles. The summed E-state index contributed by atoms with van der Waals surface area (Å²) < 4.78 is 18.5. The van der Waals surface area contributed by atoms with E-state index in [1.54, 1.807) is 24.8 Å². The molecule has 1 unspecified atom stereocenters. The zero-order valence-corrected chi connectivity index (χ0v) is 19.3. The van der Waals surface area contributed by atoms with Gasteiger partial charge in [-0.15, -0.1) is 0 Å². The van der Waals surface area contributed by atoms with Gasteiger partial charge in [0.05, 0.1) is 19.3 Å².